The van der Waals surface area contributed by atoms with Crippen LogP contribution in [0.4, 0.5) is 0 Å². The molecular formula is C19H18ClN3O2. The zero-order chi connectivity index (χ0) is 17.8. The van der Waals surface area contributed by atoms with E-state index in [2.05, 4.69) is 10.3 Å². The van der Waals surface area contributed by atoms with Crippen LogP contribution in [0.25, 0.3) is 22.2 Å². The van der Waals surface area contributed by atoms with Crippen molar-refractivity contribution in [3.63, 3.8) is 0 Å². The van der Waals surface area contributed by atoms with E-state index >= 15 is 0 Å². The van der Waals surface area contributed by atoms with Gasteiger partial charge in [-0.25, -0.2) is 4.79 Å². The monoisotopic (exact) mass is 355 g/mol. The van der Waals surface area contributed by atoms with Crippen LogP contribution in [-0.4, -0.2) is 22.0 Å². The summed E-state index contributed by atoms with van der Waals surface area (Å²) >= 11 is 6.15. The lowest BCUT2D eigenvalue weighted by molar-refractivity contribution is -0.121. The van der Waals surface area contributed by atoms with Crippen molar-refractivity contribution < 1.29 is 4.79 Å². The van der Waals surface area contributed by atoms with E-state index in [0.717, 1.165) is 17.4 Å². The minimum atomic E-state index is -0.458. The van der Waals surface area contributed by atoms with Crippen molar-refractivity contribution >= 4 is 28.4 Å². The molecule has 0 bridgehead atoms. The third-order valence-electron chi connectivity index (χ3n) is 3.86. The van der Waals surface area contributed by atoms with Crippen LogP contribution in [0.2, 0.25) is 5.02 Å². The number of carbonyl (C=O) groups is 1. The zero-order valence-electron chi connectivity index (χ0n) is 13.8. The first-order valence-electron chi connectivity index (χ1n) is 8.12. The Bertz CT molecular complexity index is 968. The Morgan fingerprint density at radius 1 is 1.20 bits per heavy atom. The number of aromatic nitrogens is 2. The Morgan fingerprint density at radius 3 is 2.68 bits per heavy atom. The predicted molar refractivity (Wildman–Crippen MR) is 99.7 cm³/mol. The van der Waals surface area contributed by atoms with Crippen molar-refractivity contribution in [1.29, 1.82) is 0 Å². The molecule has 1 heterocycles. The average Bonchev–Trinajstić information content (AvgIpc) is 2.62. The molecule has 2 aromatic carbocycles. The highest BCUT2D eigenvalue weighted by atomic mass is 35.5. The summed E-state index contributed by atoms with van der Waals surface area (Å²) in [5.74, 6) is -0.213. The number of benzene rings is 2. The lowest BCUT2D eigenvalue weighted by Crippen LogP contribution is -2.34. The van der Waals surface area contributed by atoms with Gasteiger partial charge in [-0.2, -0.15) is 4.98 Å². The number of nitrogens with one attached hydrogen (secondary N) is 1. The highest BCUT2D eigenvalue weighted by Crippen LogP contribution is 2.27. The van der Waals surface area contributed by atoms with E-state index in [9.17, 15) is 9.59 Å². The second kappa shape index (κ2) is 7.49. The quantitative estimate of drug-likeness (QED) is 0.764. The summed E-state index contributed by atoms with van der Waals surface area (Å²) in [6.45, 7) is 2.48. The smallest absolute Gasteiger partial charge is 0.349 e. The lowest BCUT2D eigenvalue weighted by atomic mass is 10.1. The second-order valence-electron chi connectivity index (χ2n) is 5.71. The Balaban J connectivity index is 2.16. The first-order valence-corrected chi connectivity index (χ1v) is 8.50. The van der Waals surface area contributed by atoms with E-state index in [1.165, 1.54) is 4.57 Å². The highest BCUT2D eigenvalue weighted by molar-refractivity contribution is 6.31. The van der Waals surface area contributed by atoms with E-state index in [1.54, 1.807) is 18.2 Å². The molecule has 1 aromatic heterocycles. The standard InChI is InChI=1S/C19H18ClN3O2/c1-2-10-21-17(24)12-23-16-9-8-14(20)11-15(16)18(22-19(23)25)13-6-4-3-5-7-13/h3-9,11H,2,10,12H2,1H3,(H,21,24). The number of hydrogen-bond acceptors (Lipinski definition) is 3. The van der Waals surface area contributed by atoms with E-state index < -0.39 is 5.69 Å². The van der Waals surface area contributed by atoms with Gasteiger partial charge in [0.1, 0.15) is 6.54 Å². The van der Waals surface area contributed by atoms with Crippen LogP contribution >= 0.6 is 11.6 Å². The van der Waals surface area contributed by atoms with Crippen molar-refractivity contribution in [2.45, 2.75) is 19.9 Å². The molecule has 1 amide bonds. The van der Waals surface area contributed by atoms with Gasteiger partial charge in [0.2, 0.25) is 5.91 Å². The Hall–Kier alpha value is -2.66. The molecule has 0 aliphatic carbocycles. The van der Waals surface area contributed by atoms with Crippen LogP contribution < -0.4 is 11.0 Å². The summed E-state index contributed by atoms with van der Waals surface area (Å²) in [4.78, 5) is 28.8. The van der Waals surface area contributed by atoms with Gasteiger partial charge in [0.15, 0.2) is 0 Å². The summed E-state index contributed by atoms with van der Waals surface area (Å²) in [6, 6.07) is 14.7. The first kappa shape index (κ1) is 17.2. The molecule has 6 heteroatoms. The van der Waals surface area contributed by atoms with Gasteiger partial charge in [0.25, 0.3) is 0 Å². The summed E-state index contributed by atoms with van der Waals surface area (Å²) in [5, 5.41) is 4.06. The van der Waals surface area contributed by atoms with Crippen LogP contribution in [-0.2, 0) is 11.3 Å². The molecule has 0 aliphatic rings. The van der Waals surface area contributed by atoms with Crippen molar-refractivity contribution in [1.82, 2.24) is 14.9 Å². The molecule has 25 heavy (non-hydrogen) atoms. The molecule has 5 nitrogen and oxygen atoms in total. The Morgan fingerprint density at radius 2 is 1.96 bits per heavy atom. The lowest BCUT2D eigenvalue weighted by Gasteiger charge is -2.13. The van der Waals surface area contributed by atoms with Gasteiger partial charge < -0.3 is 5.32 Å². The molecule has 0 aliphatic heterocycles. The highest BCUT2D eigenvalue weighted by Gasteiger charge is 2.14. The molecular weight excluding hydrogens is 338 g/mol. The number of rotatable bonds is 5. The number of hydrogen-bond donors (Lipinski definition) is 1. The fourth-order valence-corrected chi connectivity index (χ4v) is 2.86. The largest absolute Gasteiger partial charge is 0.355 e. The van der Waals surface area contributed by atoms with Gasteiger partial charge in [0, 0.05) is 22.5 Å². The third-order valence-corrected chi connectivity index (χ3v) is 4.10. The summed E-state index contributed by atoms with van der Waals surface area (Å²) in [5.41, 5.74) is 1.57. The maximum atomic E-state index is 12.6. The summed E-state index contributed by atoms with van der Waals surface area (Å²) < 4.78 is 1.38. The van der Waals surface area contributed by atoms with Crippen LogP contribution in [0, 0.1) is 0 Å². The molecule has 3 aromatic rings. The normalized spacial score (nSPS) is 10.8. The number of carbonyl (C=O) groups excluding carboxylic acids is 1. The molecule has 0 atom stereocenters. The minimum absolute atomic E-state index is 0.0704. The van der Waals surface area contributed by atoms with Crippen molar-refractivity contribution in [3.8, 4) is 11.3 Å². The van der Waals surface area contributed by atoms with Crippen LogP contribution in [0.3, 0.4) is 0 Å². The number of halogens is 1. The number of nitrogens with zero attached hydrogens (tertiary/aromatic N) is 2. The van der Waals surface area contributed by atoms with Crippen LogP contribution in [0.5, 0.6) is 0 Å². The fourth-order valence-electron chi connectivity index (χ4n) is 2.69. The van der Waals surface area contributed by atoms with Gasteiger partial charge >= 0.3 is 5.69 Å². The van der Waals surface area contributed by atoms with Gasteiger partial charge in [-0.05, 0) is 24.6 Å². The molecule has 0 spiro atoms. The van der Waals surface area contributed by atoms with Crippen LogP contribution in [0.15, 0.2) is 53.3 Å². The van der Waals surface area contributed by atoms with E-state index in [1.807, 2.05) is 37.3 Å². The minimum Gasteiger partial charge on any atom is -0.355 e. The first-order chi connectivity index (χ1) is 12.1. The molecule has 128 valence electrons. The molecule has 0 unspecified atom stereocenters. The molecule has 3 rings (SSSR count). The maximum Gasteiger partial charge on any atom is 0.349 e. The molecule has 1 N–H and O–H groups in total. The van der Waals surface area contributed by atoms with Crippen LogP contribution in [0.1, 0.15) is 13.3 Å². The number of fused-ring (bicyclic) bond motifs is 1. The van der Waals surface area contributed by atoms with Crippen molar-refractivity contribution in [2.75, 3.05) is 6.54 Å². The third kappa shape index (κ3) is 3.72. The van der Waals surface area contributed by atoms with E-state index in [-0.39, 0.29) is 12.5 Å². The summed E-state index contributed by atoms with van der Waals surface area (Å²) in [6.07, 6.45) is 0.836. The second-order valence-corrected chi connectivity index (χ2v) is 6.14. The SMILES string of the molecule is CCCNC(=O)Cn1c(=O)nc(-c2ccccc2)c2cc(Cl)ccc21. The predicted octanol–water partition coefficient (Wildman–Crippen LogP) is 3.24. The van der Waals surface area contributed by atoms with Gasteiger partial charge in [-0.1, -0.05) is 48.9 Å². The average molecular weight is 356 g/mol. The molecule has 0 radical (unpaired) electrons. The molecule has 0 saturated heterocycles. The van der Waals surface area contributed by atoms with Crippen molar-refractivity contribution in [3.05, 3.63) is 64.0 Å². The van der Waals surface area contributed by atoms with E-state index in [4.69, 9.17) is 11.6 Å². The summed E-state index contributed by atoms with van der Waals surface area (Å²) in [7, 11) is 0. The van der Waals surface area contributed by atoms with E-state index in [0.29, 0.717) is 22.8 Å². The Kier molecular flexibility index (Phi) is 5.14. The Labute approximate surface area is 150 Å². The molecule has 0 fully saturated rings. The van der Waals surface area contributed by atoms with Crippen molar-refractivity contribution in [2.24, 2.45) is 0 Å². The molecule has 0 saturated carbocycles. The number of amides is 1. The van der Waals surface area contributed by atoms with Gasteiger partial charge in [-0.15, -0.1) is 0 Å². The topological polar surface area (TPSA) is 64.0 Å². The van der Waals surface area contributed by atoms with Gasteiger partial charge in [-0.3, -0.25) is 9.36 Å². The fraction of sp³-hybridized carbons (Fsp3) is 0.211. The maximum absolute atomic E-state index is 12.6. The van der Waals surface area contributed by atoms with Gasteiger partial charge in [0.05, 0.1) is 11.2 Å². The zero-order valence-corrected chi connectivity index (χ0v) is 14.6.